The van der Waals surface area contributed by atoms with Gasteiger partial charge in [-0.05, 0) is 36.3 Å². The summed E-state index contributed by atoms with van der Waals surface area (Å²) >= 11 is 1.09. The van der Waals surface area contributed by atoms with Gasteiger partial charge in [-0.15, -0.1) is 11.3 Å². The van der Waals surface area contributed by atoms with E-state index in [9.17, 15) is 14.4 Å². The summed E-state index contributed by atoms with van der Waals surface area (Å²) in [7, 11) is 1.21. The number of fused-ring (bicyclic) bond motifs is 1. The van der Waals surface area contributed by atoms with E-state index in [2.05, 4.69) is 9.97 Å². The molecule has 33 heavy (non-hydrogen) atoms. The number of hydrogen-bond donors (Lipinski definition) is 1. The minimum Gasteiger partial charge on any atom is -0.466 e. The molecule has 1 aliphatic rings. The lowest BCUT2D eigenvalue weighted by molar-refractivity contribution is -0.136. The molecule has 0 bridgehead atoms. The molecule has 3 aromatic rings. The number of aromatic nitrogens is 3. The van der Waals surface area contributed by atoms with Crippen molar-refractivity contribution in [3.05, 3.63) is 85.3 Å². The average molecular weight is 465 g/mol. The van der Waals surface area contributed by atoms with Gasteiger partial charge < -0.3 is 15.2 Å². The molecule has 0 amide bonds. The molecule has 0 spiro atoms. The Balaban J connectivity index is 2.13. The van der Waals surface area contributed by atoms with Crippen LogP contribution in [-0.2, 0) is 19.1 Å². The van der Waals surface area contributed by atoms with Crippen molar-refractivity contribution in [3.63, 3.8) is 0 Å². The summed E-state index contributed by atoms with van der Waals surface area (Å²) in [4.78, 5) is 47.5. The molecule has 0 unspecified atom stereocenters. The first-order valence-electron chi connectivity index (χ1n) is 10.0. The van der Waals surface area contributed by atoms with E-state index in [1.54, 1.807) is 55.9 Å². The molecule has 0 radical (unpaired) electrons. The van der Waals surface area contributed by atoms with Crippen LogP contribution in [0.25, 0.3) is 17.5 Å². The van der Waals surface area contributed by atoms with Crippen LogP contribution in [0.5, 0.6) is 0 Å². The second-order valence-electron chi connectivity index (χ2n) is 6.99. The number of hydrogen-bond acceptors (Lipinski definition) is 9. The fraction of sp³-hybridized carbons (Fsp3) is 0.174. The standard InChI is InChI=1S/C23H20N4O5S/c1-3-32-23(30)18-16(14-7-5-9-26-12-14)17(22(29)31-2)19(24)27-20(28)15(33-21(18)27)10-13-6-4-8-25-11-13/h4-12,16H,3,24H2,1-2H3/b15-10+/t16-/m1/s1. The van der Waals surface area contributed by atoms with Gasteiger partial charge in [0.05, 0.1) is 35.3 Å². The summed E-state index contributed by atoms with van der Waals surface area (Å²) in [5.41, 5.74) is 7.23. The van der Waals surface area contributed by atoms with Gasteiger partial charge in [-0.2, -0.15) is 0 Å². The molecule has 10 heteroatoms. The van der Waals surface area contributed by atoms with E-state index in [0.717, 1.165) is 15.9 Å². The zero-order valence-electron chi connectivity index (χ0n) is 17.8. The van der Waals surface area contributed by atoms with Crippen molar-refractivity contribution in [2.45, 2.75) is 12.8 Å². The first-order chi connectivity index (χ1) is 16.0. The van der Waals surface area contributed by atoms with E-state index in [1.807, 2.05) is 0 Å². The molecule has 9 nitrogen and oxygen atoms in total. The minimum absolute atomic E-state index is 0.0334. The number of nitrogens with zero attached hydrogens (tertiary/aromatic N) is 3. The van der Waals surface area contributed by atoms with Crippen molar-refractivity contribution in [2.75, 3.05) is 13.7 Å². The molecule has 1 aliphatic heterocycles. The molecule has 0 saturated heterocycles. The van der Waals surface area contributed by atoms with Crippen LogP contribution in [-0.4, -0.2) is 40.2 Å². The summed E-state index contributed by atoms with van der Waals surface area (Å²) in [6, 6.07) is 6.94. The Morgan fingerprint density at radius 1 is 1.15 bits per heavy atom. The maximum atomic E-state index is 13.3. The number of esters is 2. The smallest absolute Gasteiger partial charge is 0.338 e. The van der Waals surface area contributed by atoms with Crippen molar-refractivity contribution < 1.29 is 19.1 Å². The molecule has 1 atom stereocenters. The number of pyridine rings is 2. The maximum Gasteiger partial charge on any atom is 0.338 e. The number of methoxy groups -OCH3 is 1. The van der Waals surface area contributed by atoms with Crippen molar-refractivity contribution in [3.8, 4) is 0 Å². The molecule has 168 valence electrons. The van der Waals surface area contributed by atoms with Crippen LogP contribution in [0.3, 0.4) is 0 Å². The minimum atomic E-state index is -0.922. The Labute approximate surface area is 192 Å². The molecule has 3 aromatic heterocycles. The summed E-state index contributed by atoms with van der Waals surface area (Å²) in [5.74, 6) is -2.45. The van der Waals surface area contributed by atoms with Crippen LogP contribution in [0.15, 0.2) is 59.4 Å². The molecular formula is C23H20N4O5S. The van der Waals surface area contributed by atoms with E-state index in [1.165, 1.54) is 13.3 Å². The SMILES string of the molecule is CCOC(=O)C1=c2s/c(=C/c3cccnc3)c(=O)n2C(N)=C(C(=O)OC)[C@H]1c1cccnc1. The van der Waals surface area contributed by atoms with Crippen LogP contribution in [0, 0.1) is 0 Å². The third kappa shape index (κ3) is 3.96. The first-order valence-corrected chi connectivity index (χ1v) is 10.8. The van der Waals surface area contributed by atoms with Crippen molar-refractivity contribution in [1.82, 2.24) is 14.5 Å². The van der Waals surface area contributed by atoms with Gasteiger partial charge in [-0.1, -0.05) is 12.1 Å². The zero-order valence-corrected chi connectivity index (χ0v) is 18.7. The molecule has 0 saturated carbocycles. The van der Waals surface area contributed by atoms with E-state index < -0.39 is 23.4 Å². The second-order valence-corrected chi connectivity index (χ2v) is 8.02. The third-order valence-electron chi connectivity index (χ3n) is 5.05. The van der Waals surface area contributed by atoms with Crippen LogP contribution < -0.4 is 20.5 Å². The van der Waals surface area contributed by atoms with E-state index in [4.69, 9.17) is 15.2 Å². The highest BCUT2D eigenvalue weighted by molar-refractivity contribution is 7.07. The molecule has 0 aromatic carbocycles. The molecule has 0 aliphatic carbocycles. The Hall–Kier alpha value is -4.05. The molecule has 4 rings (SSSR count). The predicted molar refractivity (Wildman–Crippen MR) is 122 cm³/mol. The number of ether oxygens (including phenoxy) is 2. The zero-order chi connectivity index (χ0) is 23.5. The summed E-state index contributed by atoms with van der Waals surface area (Å²) in [6.45, 7) is 1.79. The monoisotopic (exact) mass is 464 g/mol. The fourth-order valence-electron chi connectivity index (χ4n) is 3.66. The lowest BCUT2D eigenvalue weighted by Crippen LogP contribution is -2.41. The summed E-state index contributed by atoms with van der Waals surface area (Å²) in [6.07, 6.45) is 7.99. The van der Waals surface area contributed by atoms with Gasteiger partial charge in [0.1, 0.15) is 10.5 Å². The Bertz CT molecular complexity index is 1420. The largest absolute Gasteiger partial charge is 0.466 e. The number of carbonyl (C=O) groups excluding carboxylic acids is 2. The van der Waals surface area contributed by atoms with E-state index in [0.29, 0.717) is 15.7 Å². The first kappa shape index (κ1) is 22.2. The highest BCUT2D eigenvalue weighted by atomic mass is 32.1. The van der Waals surface area contributed by atoms with Gasteiger partial charge in [-0.25, -0.2) is 9.59 Å². The maximum absolute atomic E-state index is 13.3. The summed E-state index contributed by atoms with van der Waals surface area (Å²) < 4.78 is 12.0. The van der Waals surface area contributed by atoms with Crippen LogP contribution >= 0.6 is 11.3 Å². The van der Waals surface area contributed by atoms with Crippen LogP contribution in [0.2, 0.25) is 0 Å². The van der Waals surface area contributed by atoms with Gasteiger partial charge in [0, 0.05) is 24.8 Å². The molecular weight excluding hydrogens is 444 g/mol. The normalized spacial score (nSPS) is 15.9. The predicted octanol–water partition coefficient (Wildman–Crippen LogP) is 0.340. The lowest BCUT2D eigenvalue weighted by atomic mass is 9.84. The van der Waals surface area contributed by atoms with Gasteiger partial charge in [0.2, 0.25) is 0 Å². The van der Waals surface area contributed by atoms with Gasteiger partial charge >= 0.3 is 11.9 Å². The van der Waals surface area contributed by atoms with Crippen molar-refractivity contribution in [1.29, 1.82) is 0 Å². The lowest BCUT2D eigenvalue weighted by Gasteiger charge is -2.26. The molecule has 0 fully saturated rings. The highest BCUT2D eigenvalue weighted by Crippen LogP contribution is 2.37. The average Bonchev–Trinajstić information content (AvgIpc) is 3.15. The number of nitrogens with two attached hydrogens (primary N) is 1. The fourth-order valence-corrected chi connectivity index (χ4v) is 4.82. The van der Waals surface area contributed by atoms with Crippen LogP contribution in [0.4, 0.5) is 0 Å². The number of thiazole rings is 1. The van der Waals surface area contributed by atoms with Crippen molar-refractivity contribution >= 4 is 40.7 Å². The van der Waals surface area contributed by atoms with Gasteiger partial charge in [-0.3, -0.25) is 19.3 Å². The van der Waals surface area contributed by atoms with E-state index >= 15 is 0 Å². The Kier molecular flexibility index (Phi) is 6.18. The quantitative estimate of drug-likeness (QED) is 0.536. The van der Waals surface area contributed by atoms with Gasteiger partial charge in [0.15, 0.2) is 0 Å². The van der Waals surface area contributed by atoms with Crippen molar-refractivity contribution in [2.24, 2.45) is 5.73 Å². The van der Waals surface area contributed by atoms with E-state index in [-0.39, 0.29) is 28.2 Å². The van der Waals surface area contributed by atoms with Gasteiger partial charge in [0.25, 0.3) is 5.56 Å². The summed E-state index contributed by atoms with van der Waals surface area (Å²) in [5, 5.41) is 0. The highest BCUT2D eigenvalue weighted by Gasteiger charge is 2.39. The Morgan fingerprint density at radius 3 is 2.48 bits per heavy atom. The number of rotatable bonds is 5. The topological polar surface area (TPSA) is 126 Å². The number of carbonyl (C=O) groups is 2. The molecule has 2 N–H and O–H groups in total. The van der Waals surface area contributed by atoms with Crippen LogP contribution in [0.1, 0.15) is 24.0 Å². The second kappa shape index (κ2) is 9.21. The molecule has 4 heterocycles. The third-order valence-corrected chi connectivity index (χ3v) is 6.16. The Morgan fingerprint density at radius 2 is 1.88 bits per heavy atom.